The molecule has 98 valence electrons. The quantitative estimate of drug-likeness (QED) is 0.413. The van der Waals surface area contributed by atoms with Gasteiger partial charge in [-0.1, -0.05) is 13.8 Å². The summed E-state index contributed by atoms with van der Waals surface area (Å²) in [6, 6.07) is 0. The van der Waals surface area contributed by atoms with Crippen LogP contribution in [0.15, 0.2) is 18.7 Å². The Kier molecular flexibility index (Phi) is 5.14. The van der Waals surface area contributed by atoms with E-state index < -0.39 is 10.1 Å². The molecule has 6 heteroatoms. The summed E-state index contributed by atoms with van der Waals surface area (Å²) in [4.78, 5) is 0. The van der Waals surface area contributed by atoms with Gasteiger partial charge < -0.3 is 4.55 Å². The van der Waals surface area contributed by atoms with Gasteiger partial charge in [-0.25, -0.2) is 17.6 Å². The van der Waals surface area contributed by atoms with Crippen LogP contribution in [-0.4, -0.2) is 23.3 Å². The molecule has 0 atom stereocenters. The largest absolute Gasteiger partial charge is 0.748 e. The summed E-state index contributed by atoms with van der Waals surface area (Å²) in [6.07, 6.45) is 7.11. The van der Waals surface area contributed by atoms with Gasteiger partial charge in [0, 0.05) is 5.75 Å². The molecule has 0 aliphatic heterocycles. The topological polar surface area (TPSA) is 66.0 Å². The van der Waals surface area contributed by atoms with Gasteiger partial charge in [0.2, 0.25) is 6.33 Å². The number of unbranched alkanes of at least 4 members (excludes halogenated alkanes) is 1. The van der Waals surface area contributed by atoms with Crippen molar-refractivity contribution in [1.29, 1.82) is 0 Å². The fraction of sp³-hybridized carbons (Fsp3) is 0.727. The third-order valence-electron chi connectivity index (χ3n) is 2.38. The second kappa shape index (κ2) is 6.16. The Morgan fingerprint density at radius 2 is 2.06 bits per heavy atom. The van der Waals surface area contributed by atoms with Gasteiger partial charge in [-0.3, -0.25) is 0 Å². The van der Waals surface area contributed by atoms with Crippen molar-refractivity contribution in [2.24, 2.45) is 5.92 Å². The van der Waals surface area contributed by atoms with Crippen molar-refractivity contribution in [3.05, 3.63) is 18.7 Å². The van der Waals surface area contributed by atoms with Gasteiger partial charge in [0.15, 0.2) is 0 Å². The molecule has 0 aromatic carbocycles. The molecular weight excluding hydrogens is 240 g/mol. The lowest BCUT2D eigenvalue weighted by Crippen LogP contribution is -2.33. The van der Waals surface area contributed by atoms with Crippen LogP contribution in [-0.2, 0) is 23.2 Å². The lowest BCUT2D eigenvalue weighted by Gasteiger charge is -2.04. The average Bonchev–Trinajstić information content (AvgIpc) is 2.58. The molecule has 0 radical (unpaired) electrons. The van der Waals surface area contributed by atoms with Gasteiger partial charge in [-0.2, -0.15) is 0 Å². The normalized spacial score (nSPS) is 12.2. The molecule has 0 amide bonds. The molecule has 1 heterocycles. The standard InChI is InChI=1S/C11H20N2O3S/c1-11(2)9-13-7-6-12(10-13)5-3-4-8-17(14,15)16/h6-7,10-11H,3-5,8-9H2,1-2H3. The van der Waals surface area contributed by atoms with Crippen LogP contribution < -0.4 is 4.57 Å². The maximum absolute atomic E-state index is 10.4. The van der Waals surface area contributed by atoms with Crippen molar-refractivity contribution in [3.63, 3.8) is 0 Å². The minimum absolute atomic E-state index is 0.264. The zero-order valence-corrected chi connectivity index (χ0v) is 11.2. The Bertz CT molecular complexity index is 437. The predicted octanol–water partition coefficient (Wildman–Crippen LogP) is 0.757. The van der Waals surface area contributed by atoms with Gasteiger partial charge in [-0.15, -0.1) is 0 Å². The zero-order valence-electron chi connectivity index (χ0n) is 10.4. The summed E-state index contributed by atoms with van der Waals surface area (Å²) in [6.45, 7) is 6.04. The maximum atomic E-state index is 10.4. The summed E-state index contributed by atoms with van der Waals surface area (Å²) in [5, 5.41) is 0. The fourth-order valence-electron chi connectivity index (χ4n) is 1.67. The smallest absolute Gasteiger partial charge is 0.243 e. The van der Waals surface area contributed by atoms with E-state index in [4.69, 9.17) is 0 Å². The highest BCUT2D eigenvalue weighted by atomic mass is 32.2. The van der Waals surface area contributed by atoms with Crippen molar-refractivity contribution < 1.29 is 17.5 Å². The van der Waals surface area contributed by atoms with E-state index in [-0.39, 0.29) is 5.75 Å². The van der Waals surface area contributed by atoms with Gasteiger partial charge in [0.25, 0.3) is 0 Å². The van der Waals surface area contributed by atoms with E-state index in [2.05, 4.69) is 18.4 Å². The Morgan fingerprint density at radius 3 is 2.65 bits per heavy atom. The molecule has 0 saturated heterocycles. The first kappa shape index (κ1) is 14.2. The van der Waals surface area contributed by atoms with Crippen LogP contribution in [0, 0.1) is 5.92 Å². The lowest BCUT2D eigenvalue weighted by atomic mass is 10.2. The second-order valence-corrected chi connectivity index (χ2v) is 6.23. The van der Waals surface area contributed by atoms with Crippen LogP contribution in [0.2, 0.25) is 0 Å². The Hall–Kier alpha value is -0.880. The van der Waals surface area contributed by atoms with Crippen LogP contribution in [0.5, 0.6) is 0 Å². The average molecular weight is 260 g/mol. The lowest BCUT2D eigenvalue weighted by molar-refractivity contribution is -0.701. The van der Waals surface area contributed by atoms with Crippen molar-refractivity contribution in [3.8, 4) is 0 Å². The van der Waals surface area contributed by atoms with E-state index in [1.165, 1.54) is 0 Å². The number of hydrogen-bond donors (Lipinski definition) is 0. The van der Waals surface area contributed by atoms with Gasteiger partial charge in [0.05, 0.1) is 23.2 Å². The summed E-state index contributed by atoms with van der Waals surface area (Å²) < 4.78 is 35.3. The molecule has 5 nitrogen and oxygen atoms in total. The number of hydrogen-bond acceptors (Lipinski definition) is 3. The van der Waals surface area contributed by atoms with E-state index in [1.54, 1.807) is 0 Å². The SMILES string of the molecule is CC(C)C[n+]1ccn(CCCCS(=O)(=O)[O-])c1. The van der Waals surface area contributed by atoms with E-state index in [0.29, 0.717) is 18.8 Å². The number of imidazole rings is 1. The van der Waals surface area contributed by atoms with Crippen molar-refractivity contribution in [2.75, 3.05) is 5.75 Å². The third kappa shape index (κ3) is 6.43. The zero-order chi connectivity index (χ0) is 12.9. The first-order valence-electron chi connectivity index (χ1n) is 5.85. The molecule has 0 aliphatic carbocycles. The van der Waals surface area contributed by atoms with Crippen LogP contribution in [0.3, 0.4) is 0 Å². The number of aryl methyl sites for hydroxylation is 1. The Labute approximate surface area is 103 Å². The van der Waals surface area contributed by atoms with Crippen LogP contribution in [0.4, 0.5) is 0 Å². The molecule has 1 aromatic rings. The Morgan fingerprint density at radius 1 is 1.35 bits per heavy atom. The van der Waals surface area contributed by atoms with Gasteiger partial charge in [-0.05, 0) is 18.8 Å². The predicted molar refractivity (Wildman–Crippen MR) is 63.3 cm³/mol. The molecule has 0 spiro atoms. The third-order valence-corrected chi connectivity index (χ3v) is 3.17. The molecule has 0 bridgehead atoms. The maximum Gasteiger partial charge on any atom is 0.243 e. The van der Waals surface area contributed by atoms with Crippen molar-refractivity contribution in [2.45, 2.75) is 39.8 Å². The van der Waals surface area contributed by atoms with Gasteiger partial charge >= 0.3 is 0 Å². The first-order chi connectivity index (χ1) is 7.87. The molecule has 0 N–H and O–H groups in total. The molecule has 1 rings (SSSR count). The Balaban J connectivity index is 2.30. The molecule has 0 aliphatic rings. The molecule has 0 fully saturated rings. The summed E-state index contributed by atoms with van der Waals surface area (Å²) >= 11 is 0. The van der Waals surface area contributed by atoms with Crippen LogP contribution >= 0.6 is 0 Å². The number of aromatic nitrogens is 2. The highest BCUT2D eigenvalue weighted by Crippen LogP contribution is 1.98. The summed E-state index contributed by atoms with van der Waals surface area (Å²) in [7, 11) is -4.05. The monoisotopic (exact) mass is 260 g/mol. The number of rotatable bonds is 7. The van der Waals surface area contributed by atoms with Crippen LogP contribution in [0.1, 0.15) is 26.7 Å². The van der Waals surface area contributed by atoms with E-state index >= 15 is 0 Å². The molecule has 1 aromatic heterocycles. The molecule has 0 unspecified atom stereocenters. The summed E-state index contributed by atoms with van der Waals surface area (Å²) in [5.74, 6) is 0.335. The highest BCUT2D eigenvalue weighted by molar-refractivity contribution is 7.85. The van der Waals surface area contributed by atoms with E-state index in [9.17, 15) is 13.0 Å². The summed E-state index contributed by atoms with van der Waals surface area (Å²) in [5.41, 5.74) is 0. The molecular formula is C11H20N2O3S. The van der Waals surface area contributed by atoms with Crippen LogP contribution in [0.25, 0.3) is 0 Å². The minimum Gasteiger partial charge on any atom is -0.748 e. The van der Waals surface area contributed by atoms with Crippen molar-refractivity contribution >= 4 is 10.1 Å². The number of nitrogens with zero attached hydrogens (tertiary/aromatic N) is 2. The fourth-order valence-corrected chi connectivity index (χ4v) is 2.23. The van der Waals surface area contributed by atoms with E-state index in [1.807, 2.05) is 23.3 Å². The van der Waals surface area contributed by atoms with Crippen molar-refractivity contribution in [1.82, 2.24) is 4.57 Å². The van der Waals surface area contributed by atoms with Gasteiger partial charge in [0.1, 0.15) is 12.4 Å². The molecule has 0 saturated carbocycles. The minimum atomic E-state index is -4.05. The van der Waals surface area contributed by atoms with E-state index in [0.717, 1.165) is 13.1 Å². The highest BCUT2D eigenvalue weighted by Gasteiger charge is 2.05. The second-order valence-electron chi connectivity index (χ2n) is 4.71. The molecule has 17 heavy (non-hydrogen) atoms. The first-order valence-corrected chi connectivity index (χ1v) is 7.43.